The first kappa shape index (κ1) is 14.2. The molecule has 0 aliphatic rings. The molecule has 0 bridgehead atoms. The van der Waals surface area contributed by atoms with E-state index in [2.05, 4.69) is 46.4 Å². The van der Waals surface area contributed by atoms with E-state index >= 15 is 0 Å². The van der Waals surface area contributed by atoms with Crippen LogP contribution in [0.25, 0.3) is 0 Å². The van der Waals surface area contributed by atoms with Crippen LogP contribution in [0.4, 0.5) is 11.6 Å². The molecule has 1 unspecified atom stereocenters. The summed E-state index contributed by atoms with van der Waals surface area (Å²) in [5.74, 6) is 1.78. The van der Waals surface area contributed by atoms with Crippen molar-refractivity contribution in [3.63, 3.8) is 0 Å². The zero-order valence-corrected chi connectivity index (χ0v) is 12.2. The zero-order chi connectivity index (χ0) is 14.4. The first-order valence-electron chi connectivity index (χ1n) is 7.01. The van der Waals surface area contributed by atoms with E-state index in [1.54, 1.807) is 12.5 Å². The van der Waals surface area contributed by atoms with Gasteiger partial charge in [0.25, 0.3) is 0 Å². The van der Waals surface area contributed by atoms with Gasteiger partial charge in [0.2, 0.25) is 0 Å². The van der Waals surface area contributed by atoms with Crippen molar-refractivity contribution in [2.24, 2.45) is 0 Å². The Balaban J connectivity index is 2.22. The molecule has 2 aromatic rings. The summed E-state index contributed by atoms with van der Waals surface area (Å²) in [5, 5.41) is 6.70. The topological polar surface area (TPSA) is 62.7 Å². The lowest BCUT2D eigenvalue weighted by molar-refractivity contribution is 0.824. The van der Waals surface area contributed by atoms with Gasteiger partial charge in [-0.3, -0.25) is 4.98 Å². The molecule has 20 heavy (non-hydrogen) atoms. The van der Waals surface area contributed by atoms with E-state index < -0.39 is 0 Å². The lowest BCUT2D eigenvalue weighted by Gasteiger charge is -2.18. The second-order valence-electron chi connectivity index (χ2n) is 4.55. The van der Waals surface area contributed by atoms with Crippen LogP contribution in [0.1, 0.15) is 38.1 Å². The molecule has 5 heteroatoms. The van der Waals surface area contributed by atoms with Gasteiger partial charge < -0.3 is 10.6 Å². The Morgan fingerprint density at radius 3 is 2.55 bits per heavy atom. The van der Waals surface area contributed by atoms with Crippen molar-refractivity contribution in [2.75, 3.05) is 17.2 Å². The van der Waals surface area contributed by atoms with Crippen molar-refractivity contribution in [2.45, 2.75) is 33.2 Å². The molecule has 106 valence electrons. The molecule has 2 rings (SSSR count). The Morgan fingerprint density at radius 2 is 1.90 bits per heavy atom. The fraction of sp³-hybridized carbons (Fsp3) is 0.400. The highest BCUT2D eigenvalue weighted by molar-refractivity contribution is 5.57. The van der Waals surface area contributed by atoms with Crippen LogP contribution < -0.4 is 10.6 Å². The van der Waals surface area contributed by atoms with Crippen molar-refractivity contribution in [3.05, 3.63) is 42.0 Å². The predicted octanol–water partition coefficient (Wildman–Crippen LogP) is 3.04. The Morgan fingerprint density at radius 1 is 1.10 bits per heavy atom. The smallest absolute Gasteiger partial charge is 0.135 e. The number of nitrogens with zero attached hydrogens (tertiary/aromatic N) is 3. The van der Waals surface area contributed by atoms with Crippen molar-refractivity contribution in [1.82, 2.24) is 15.0 Å². The van der Waals surface area contributed by atoms with Crippen molar-refractivity contribution < 1.29 is 0 Å². The van der Waals surface area contributed by atoms with Crippen LogP contribution in [0, 0.1) is 0 Å². The van der Waals surface area contributed by atoms with Gasteiger partial charge in [-0.2, -0.15) is 0 Å². The summed E-state index contributed by atoms with van der Waals surface area (Å²) in [6, 6.07) is 6.02. The van der Waals surface area contributed by atoms with E-state index in [-0.39, 0.29) is 6.04 Å². The van der Waals surface area contributed by atoms with Gasteiger partial charge in [-0.1, -0.05) is 13.0 Å². The molecule has 2 heterocycles. The summed E-state index contributed by atoms with van der Waals surface area (Å²) >= 11 is 0. The van der Waals surface area contributed by atoms with Crippen LogP contribution >= 0.6 is 0 Å². The number of aromatic nitrogens is 3. The highest BCUT2D eigenvalue weighted by Crippen LogP contribution is 2.24. The third-order valence-corrected chi connectivity index (χ3v) is 3.13. The van der Waals surface area contributed by atoms with E-state index in [9.17, 15) is 0 Å². The van der Waals surface area contributed by atoms with Crippen LogP contribution in [-0.4, -0.2) is 21.5 Å². The Hall–Kier alpha value is -2.17. The van der Waals surface area contributed by atoms with Crippen LogP contribution in [0.3, 0.4) is 0 Å². The number of pyridine rings is 1. The maximum absolute atomic E-state index is 4.37. The van der Waals surface area contributed by atoms with Gasteiger partial charge in [-0.05, 0) is 32.4 Å². The number of rotatable bonds is 6. The third kappa shape index (κ3) is 3.23. The molecule has 2 N–H and O–H groups in total. The Kier molecular flexibility index (Phi) is 4.87. The predicted molar refractivity (Wildman–Crippen MR) is 81.8 cm³/mol. The average Bonchev–Trinajstić information content (AvgIpc) is 2.49. The third-order valence-electron chi connectivity index (χ3n) is 3.13. The summed E-state index contributed by atoms with van der Waals surface area (Å²) < 4.78 is 0. The van der Waals surface area contributed by atoms with Crippen LogP contribution in [0.5, 0.6) is 0 Å². The highest BCUT2D eigenvalue weighted by Gasteiger charge is 2.13. The number of hydrogen-bond donors (Lipinski definition) is 2. The number of nitrogens with one attached hydrogen (secondary N) is 2. The minimum Gasteiger partial charge on any atom is -0.370 e. The van der Waals surface area contributed by atoms with E-state index in [0.29, 0.717) is 0 Å². The number of hydrogen-bond acceptors (Lipinski definition) is 5. The summed E-state index contributed by atoms with van der Waals surface area (Å²) in [4.78, 5) is 13.0. The second-order valence-corrected chi connectivity index (χ2v) is 4.55. The van der Waals surface area contributed by atoms with Crippen molar-refractivity contribution >= 4 is 11.6 Å². The largest absolute Gasteiger partial charge is 0.370 e. The van der Waals surface area contributed by atoms with Gasteiger partial charge in [0.1, 0.15) is 18.0 Å². The summed E-state index contributed by atoms with van der Waals surface area (Å²) in [6.07, 6.45) is 4.27. The fourth-order valence-electron chi connectivity index (χ4n) is 2.10. The highest BCUT2D eigenvalue weighted by atomic mass is 15.1. The average molecular weight is 271 g/mol. The molecule has 0 aromatic carbocycles. The van der Waals surface area contributed by atoms with Gasteiger partial charge in [0.15, 0.2) is 0 Å². The van der Waals surface area contributed by atoms with Crippen LogP contribution in [0.2, 0.25) is 0 Å². The maximum Gasteiger partial charge on any atom is 0.135 e. The Bertz CT molecular complexity index is 541. The van der Waals surface area contributed by atoms with E-state index in [0.717, 1.165) is 35.9 Å². The molecule has 0 spiro atoms. The summed E-state index contributed by atoms with van der Waals surface area (Å²) in [7, 11) is 0. The lowest BCUT2D eigenvalue weighted by Crippen LogP contribution is -2.13. The van der Waals surface area contributed by atoms with Gasteiger partial charge in [-0.25, -0.2) is 9.97 Å². The van der Waals surface area contributed by atoms with E-state index in [1.807, 2.05) is 18.2 Å². The standard InChI is InChI=1S/C15H21N5/c1-4-12-14(16-5-2)18-10-19-15(12)20-11(3)13-8-6-7-9-17-13/h6-11H,4-5H2,1-3H3,(H2,16,18,19,20). The fourth-order valence-corrected chi connectivity index (χ4v) is 2.10. The molecule has 0 amide bonds. The lowest BCUT2D eigenvalue weighted by atomic mass is 10.1. The minimum absolute atomic E-state index is 0.103. The second kappa shape index (κ2) is 6.84. The van der Waals surface area contributed by atoms with Gasteiger partial charge in [0, 0.05) is 18.3 Å². The normalized spacial score (nSPS) is 11.9. The summed E-state index contributed by atoms with van der Waals surface area (Å²) in [6.45, 7) is 7.09. The molecule has 5 nitrogen and oxygen atoms in total. The molecule has 0 radical (unpaired) electrons. The van der Waals surface area contributed by atoms with E-state index in [4.69, 9.17) is 0 Å². The minimum atomic E-state index is 0.103. The molecular weight excluding hydrogens is 250 g/mol. The first-order valence-corrected chi connectivity index (χ1v) is 7.01. The molecule has 0 aliphatic carbocycles. The molecule has 0 saturated carbocycles. The molecule has 2 aromatic heterocycles. The van der Waals surface area contributed by atoms with Gasteiger partial charge in [-0.15, -0.1) is 0 Å². The molecule has 1 atom stereocenters. The van der Waals surface area contributed by atoms with E-state index in [1.165, 1.54) is 0 Å². The first-order chi connectivity index (χ1) is 9.76. The SMILES string of the molecule is CCNc1ncnc(NC(C)c2ccccn2)c1CC. The van der Waals surface area contributed by atoms with Crippen molar-refractivity contribution in [1.29, 1.82) is 0 Å². The molecule has 0 saturated heterocycles. The van der Waals surface area contributed by atoms with Gasteiger partial charge >= 0.3 is 0 Å². The molecule has 0 aliphatic heterocycles. The van der Waals surface area contributed by atoms with Crippen LogP contribution in [-0.2, 0) is 6.42 Å². The van der Waals surface area contributed by atoms with Crippen LogP contribution in [0.15, 0.2) is 30.7 Å². The summed E-state index contributed by atoms with van der Waals surface area (Å²) in [5.41, 5.74) is 2.11. The Labute approximate surface area is 119 Å². The quantitative estimate of drug-likeness (QED) is 0.845. The van der Waals surface area contributed by atoms with Crippen molar-refractivity contribution in [3.8, 4) is 0 Å². The monoisotopic (exact) mass is 271 g/mol. The zero-order valence-electron chi connectivity index (χ0n) is 12.2. The number of anilines is 2. The maximum atomic E-state index is 4.37. The van der Waals surface area contributed by atoms with Gasteiger partial charge in [0.05, 0.1) is 11.7 Å². The molecule has 0 fully saturated rings. The molecular formula is C15H21N5.